The minimum atomic E-state index is 0.938. The number of hydrogen-bond donors (Lipinski definition) is 1. The molecule has 0 aromatic heterocycles. The first-order valence-electron chi connectivity index (χ1n) is 5.38. The predicted molar refractivity (Wildman–Crippen MR) is 57.7 cm³/mol. The molecule has 14 heavy (non-hydrogen) atoms. The van der Waals surface area contributed by atoms with Gasteiger partial charge in [-0.25, -0.2) is 0 Å². The first kappa shape index (κ1) is 8.30. The molecule has 3 rings (SSSR count). The smallest absolute Gasteiger partial charge is 0.0359 e. The second-order valence-corrected chi connectivity index (χ2v) is 4.65. The largest absolute Gasteiger partial charge is 0.398 e. The van der Waals surface area contributed by atoms with Gasteiger partial charge in [0.25, 0.3) is 0 Å². The number of anilines is 1. The maximum absolute atomic E-state index is 5.92. The molecule has 74 valence electrons. The lowest BCUT2D eigenvalue weighted by Crippen LogP contribution is -2.22. The van der Waals surface area contributed by atoms with Gasteiger partial charge in [-0.15, -0.1) is 0 Å². The lowest BCUT2D eigenvalue weighted by Gasteiger charge is -2.18. The lowest BCUT2D eigenvalue weighted by molar-refractivity contribution is 0.297. The summed E-state index contributed by atoms with van der Waals surface area (Å²) in [6.07, 6.45) is 1.47. The monoisotopic (exact) mass is 188 g/mol. The van der Waals surface area contributed by atoms with Gasteiger partial charge >= 0.3 is 0 Å². The number of hydrogen-bond acceptors (Lipinski definition) is 2. The molecule has 1 saturated heterocycles. The summed E-state index contributed by atoms with van der Waals surface area (Å²) in [5, 5.41) is 0. The van der Waals surface area contributed by atoms with Crippen molar-refractivity contribution in [1.82, 2.24) is 4.90 Å². The molecule has 0 spiro atoms. The van der Waals surface area contributed by atoms with Crippen LogP contribution in [0, 0.1) is 11.8 Å². The topological polar surface area (TPSA) is 29.3 Å². The van der Waals surface area contributed by atoms with E-state index >= 15 is 0 Å². The van der Waals surface area contributed by atoms with Crippen LogP contribution < -0.4 is 5.73 Å². The Hall–Kier alpha value is -1.02. The van der Waals surface area contributed by atoms with Crippen LogP contribution in [0.15, 0.2) is 24.3 Å². The van der Waals surface area contributed by atoms with Crippen LogP contribution in [0.25, 0.3) is 0 Å². The Morgan fingerprint density at radius 2 is 1.93 bits per heavy atom. The van der Waals surface area contributed by atoms with Gasteiger partial charge < -0.3 is 5.73 Å². The van der Waals surface area contributed by atoms with Gasteiger partial charge in [0.05, 0.1) is 0 Å². The second-order valence-electron chi connectivity index (χ2n) is 4.65. The van der Waals surface area contributed by atoms with Crippen LogP contribution in [-0.4, -0.2) is 18.0 Å². The maximum Gasteiger partial charge on any atom is 0.0359 e. The first-order valence-corrected chi connectivity index (χ1v) is 5.38. The first-order chi connectivity index (χ1) is 6.83. The highest BCUT2D eigenvalue weighted by molar-refractivity contribution is 5.46. The van der Waals surface area contributed by atoms with Crippen LogP contribution >= 0.6 is 0 Å². The number of nitrogens with zero attached hydrogens (tertiary/aromatic N) is 1. The molecule has 1 aromatic rings. The second kappa shape index (κ2) is 2.99. The molecule has 1 heterocycles. The number of rotatable bonds is 2. The van der Waals surface area contributed by atoms with Crippen LogP contribution in [-0.2, 0) is 6.54 Å². The Balaban J connectivity index is 1.69. The molecule has 2 unspecified atom stereocenters. The van der Waals surface area contributed by atoms with Crippen molar-refractivity contribution in [2.45, 2.75) is 13.0 Å². The molecule has 1 aliphatic heterocycles. The van der Waals surface area contributed by atoms with E-state index in [1.165, 1.54) is 25.1 Å². The van der Waals surface area contributed by atoms with Gasteiger partial charge in [0.2, 0.25) is 0 Å². The molecule has 2 fully saturated rings. The summed E-state index contributed by atoms with van der Waals surface area (Å²) in [5.74, 6) is 2.03. The maximum atomic E-state index is 5.92. The third-order valence-electron chi connectivity index (χ3n) is 3.50. The number of para-hydroxylation sites is 1. The van der Waals surface area contributed by atoms with E-state index in [2.05, 4.69) is 17.0 Å². The van der Waals surface area contributed by atoms with E-state index in [9.17, 15) is 0 Å². The van der Waals surface area contributed by atoms with Gasteiger partial charge in [-0.2, -0.15) is 0 Å². The van der Waals surface area contributed by atoms with Gasteiger partial charge in [0.15, 0.2) is 0 Å². The number of benzene rings is 1. The summed E-state index contributed by atoms with van der Waals surface area (Å²) >= 11 is 0. The average molecular weight is 188 g/mol. The van der Waals surface area contributed by atoms with E-state index < -0.39 is 0 Å². The number of nitrogen functional groups attached to an aromatic ring is 1. The van der Waals surface area contributed by atoms with E-state index in [0.29, 0.717) is 0 Å². The Bertz CT molecular complexity index is 338. The average Bonchev–Trinajstić information content (AvgIpc) is 2.79. The molecule has 2 atom stereocenters. The van der Waals surface area contributed by atoms with Crippen molar-refractivity contribution in [3.8, 4) is 0 Å². The van der Waals surface area contributed by atoms with Crippen LogP contribution in [0.1, 0.15) is 12.0 Å². The fourth-order valence-corrected chi connectivity index (χ4v) is 2.54. The summed E-state index contributed by atoms with van der Waals surface area (Å²) in [5.41, 5.74) is 8.14. The summed E-state index contributed by atoms with van der Waals surface area (Å²) in [6.45, 7) is 3.62. The fourth-order valence-electron chi connectivity index (χ4n) is 2.54. The van der Waals surface area contributed by atoms with Gasteiger partial charge in [-0.1, -0.05) is 18.2 Å². The Morgan fingerprint density at radius 3 is 2.64 bits per heavy atom. The summed E-state index contributed by atoms with van der Waals surface area (Å²) in [7, 11) is 0. The van der Waals surface area contributed by atoms with Gasteiger partial charge in [0.1, 0.15) is 0 Å². The van der Waals surface area contributed by atoms with E-state index in [-0.39, 0.29) is 0 Å². The molecular weight excluding hydrogens is 172 g/mol. The quantitative estimate of drug-likeness (QED) is 0.716. The number of nitrogens with two attached hydrogens (primary N) is 1. The number of likely N-dealkylation sites (tertiary alicyclic amines) is 1. The highest BCUT2D eigenvalue weighted by Crippen LogP contribution is 2.45. The summed E-state index contributed by atoms with van der Waals surface area (Å²) in [4.78, 5) is 2.53. The zero-order valence-corrected chi connectivity index (χ0v) is 8.32. The number of fused-ring (bicyclic) bond motifs is 1. The molecule has 2 aliphatic rings. The molecule has 0 radical (unpaired) electrons. The Labute approximate surface area is 84.7 Å². The lowest BCUT2D eigenvalue weighted by atomic mass is 10.1. The van der Waals surface area contributed by atoms with E-state index in [1.807, 2.05) is 12.1 Å². The van der Waals surface area contributed by atoms with Gasteiger partial charge in [-0.3, -0.25) is 4.90 Å². The molecule has 2 N–H and O–H groups in total. The van der Waals surface area contributed by atoms with Gasteiger partial charge in [-0.05, 0) is 29.9 Å². The van der Waals surface area contributed by atoms with E-state index in [1.54, 1.807) is 0 Å². The van der Waals surface area contributed by atoms with E-state index in [0.717, 1.165) is 24.1 Å². The zero-order chi connectivity index (χ0) is 9.54. The van der Waals surface area contributed by atoms with Crippen LogP contribution in [0.5, 0.6) is 0 Å². The molecule has 0 bridgehead atoms. The van der Waals surface area contributed by atoms with Crippen molar-refractivity contribution in [1.29, 1.82) is 0 Å². The zero-order valence-electron chi connectivity index (χ0n) is 8.32. The van der Waals surface area contributed by atoms with E-state index in [4.69, 9.17) is 5.73 Å². The minimum absolute atomic E-state index is 0.938. The van der Waals surface area contributed by atoms with Crippen molar-refractivity contribution in [3.63, 3.8) is 0 Å². The SMILES string of the molecule is Nc1ccccc1CN1CC2CC2C1. The standard InChI is InChI=1S/C12H16N2/c13-12-4-2-1-3-9(12)6-14-7-10-5-11(10)8-14/h1-4,10-11H,5-8,13H2. The molecule has 0 amide bonds. The molecule has 1 saturated carbocycles. The van der Waals surface area contributed by atoms with Crippen LogP contribution in [0.2, 0.25) is 0 Å². The predicted octanol–water partition coefficient (Wildman–Crippen LogP) is 1.72. The van der Waals surface area contributed by atoms with Crippen molar-refractivity contribution in [3.05, 3.63) is 29.8 Å². The summed E-state index contributed by atoms with van der Waals surface area (Å²) < 4.78 is 0. The molecule has 2 heteroatoms. The molecular formula is C12H16N2. The Kier molecular flexibility index (Phi) is 1.77. The number of piperidine rings is 1. The Morgan fingerprint density at radius 1 is 1.21 bits per heavy atom. The van der Waals surface area contributed by atoms with Crippen molar-refractivity contribution >= 4 is 5.69 Å². The summed E-state index contributed by atoms with van der Waals surface area (Å²) in [6, 6.07) is 8.20. The van der Waals surface area contributed by atoms with Crippen LogP contribution in [0.4, 0.5) is 5.69 Å². The third-order valence-corrected chi connectivity index (χ3v) is 3.50. The fraction of sp³-hybridized carbons (Fsp3) is 0.500. The highest BCUT2D eigenvalue weighted by Gasteiger charge is 2.44. The van der Waals surface area contributed by atoms with Crippen molar-refractivity contribution < 1.29 is 0 Å². The van der Waals surface area contributed by atoms with Crippen molar-refractivity contribution in [2.24, 2.45) is 11.8 Å². The third kappa shape index (κ3) is 1.40. The highest BCUT2D eigenvalue weighted by atomic mass is 15.2. The molecule has 1 aliphatic carbocycles. The van der Waals surface area contributed by atoms with Crippen LogP contribution in [0.3, 0.4) is 0 Å². The van der Waals surface area contributed by atoms with Gasteiger partial charge in [0, 0.05) is 25.3 Å². The normalized spacial score (nSPS) is 30.3. The molecule has 2 nitrogen and oxygen atoms in total. The van der Waals surface area contributed by atoms with Crippen molar-refractivity contribution in [2.75, 3.05) is 18.8 Å². The minimum Gasteiger partial charge on any atom is -0.398 e. The molecule has 1 aromatic carbocycles.